The van der Waals surface area contributed by atoms with Gasteiger partial charge in [-0.2, -0.15) is 0 Å². The first-order chi connectivity index (χ1) is 17.5. The molecule has 2 unspecified atom stereocenters. The van der Waals surface area contributed by atoms with Crippen LogP contribution in [-0.4, -0.2) is 60.9 Å². The predicted molar refractivity (Wildman–Crippen MR) is 144 cm³/mol. The molecule has 0 radical (unpaired) electrons. The fourth-order valence-corrected chi connectivity index (χ4v) is 5.61. The summed E-state index contributed by atoms with van der Waals surface area (Å²) in [4.78, 5) is 33.4. The lowest BCUT2D eigenvalue weighted by molar-refractivity contribution is -0.136. The van der Waals surface area contributed by atoms with Crippen LogP contribution in [0.25, 0.3) is 0 Å². The van der Waals surface area contributed by atoms with E-state index in [1.165, 1.54) is 16.8 Å². The summed E-state index contributed by atoms with van der Waals surface area (Å²) in [6.45, 7) is 8.37. The number of carbonyl (C=O) groups is 2. The van der Waals surface area contributed by atoms with Crippen LogP contribution in [0.2, 0.25) is 0 Å². The topological polar surface area (TPSA) is 43.9 Å². The molecule has 0 aromatic heterocycles. The normalized spacial score (nSPS) is 20.0. The van der Waals surface area contributed by atoms with E-state index in [4.69, 9.17) is 0 Å². The molecule has 2 aliphatic rings. The van der Waals surface area contributed by atoms with Crippen molar-refractivity contribution in [2.24, 2.45) is 5.92 Å². The molecule has 3 aromatic carbocycles. The van der Waals surface area contributed by atoms with Gasteiger partial charge in [0, 0.05) is 50.9 Å². The molecule has 186 valence electrons. The van der Waals surface area contributed by atoms with Gasteiger partial charge in [-0.1, -0.05) is 78.4 Å². The zero-order valence-corrected chi connectivity index (χ0v) is 21.3. The quantitative estimate of drug-likeness (QED) is 0.541. The molecule has 2 fully saturated rings. The van der Waals surface area contributed by atoms with Gasteiger partial charge in [0.15, 0.2) is 0 Å². The van der Waals surface area contributed by atoms with Gasteiger partial charge in [-0.15, -0.1) is 0 Å². The van der Waals surface area contributed by atoms with Crippen molar-refractivity contribution < 1.29 is 9.59 Å². The van der Waals surface area contributed by atoms with Gasteiger partial charge in [-0.3, -0.25) is 9.59 Å². The number of hydrogen-bond donors (Lipinski definition) is 0. The minimum atomic E-state index is -0.211. The summed E-state index contributed by atoms with van der Waals surface area (Å²) in [5.74, 6) is 0.0858. The molecule has 0 N–H and O–H groups in total. The number of carbonyl (C=O) groups excluding carboxylic acids is 2. The van der Waals surface area contributed by atoms with Gasteiger partial charge >= 0.3 is 0 Å². The summed E-state index contributed by atoms with van der Waals surface area (Å²) in [7, 11) is 0. The summed E-state index contributed by atoms with van der Waals surface area (Å²) in [5.41, 5.74) is 5.87. The Morgan fingerprint density at radius 2 is 1.42 bits per heavy atom. The molecule has 0 aliphatic carbocycles. The Morgan fingerprint density at radius 3 is 2.11 bits per heavy atom. The van der Waals surface area contributed by atoms with Crippen molar-refractivity contribution in [1.29, 1.82) is 0 Å². The van der Waals surface area contributed by atoms with E-state index >= 15 is 0 Å². The summed E-state index contributed by atoms with van der Waals surface area (Å²) >= 11 is 0. The molecular formula is C31H35N3O2. The van der Waals surface area contributed by atoms with E-state index < -0.39 is 0 Å². The van der Waals surface area contributed by atoms with Crippen molar-refractivity contribution in [3.8, 4) is 0 Å². The van der Waals surface area contributed by atoms with Gasteiger partial charge in [-0.05, 0) is 36.6 Å². The van der Waals surface area contributed by atoms with Gasteiger partial charge in [0.1, 0.15) is 0 Å². The minimum Gasteiger partial charge on any atom is -0.368 e. The number of hydrogen-bond acceptors (Lipinski definition) is 3. The van der Waals surface area contributed by atoms with E-state index in [0.717, 1.165) is 24.2 Å². The molecule has 2 saturated heterocycles. The molecule has 0 saturated carbocycles. The standard InChI is InChI=1S/C31H35N3O2/c1-23-12-14-26(15-13-23)27-21-34(30(35)20-25-9-4-3-5-10-25)22-28(27)31(36)33-18-16-32(17-19-33)29-11-7-6-8-24(29)2/h3-15,27-28H,16-22H2,1-2H3. The predicted octanol–water partition coefficient (Wildman–Crippen LogP) is 4.44. The van der Waals surface area contributed by atoms with Crippen LogP contribution < -0.4 is 4.90 Å². The number of nitrogens with zero attached hydrogens (tertiary/aromatic N) is 3. The second kappa shape index (κ2) is 10.6. The van der Waals surface area contributed by atoms with E-state index in [2.05, 4.69) is 67.3 Å². The van der Waals surface area contributed by atoms with Crippen LogP contribution in [0.3, 0.4) is 0 Å². The Labute approximate surface area is 214 Å². The number of aryl methyl sites for hydroxylation is 2. The fraction of sp³-hybridized carbons (Fsp3) is 0.355. The Kier molecular flexibility index (Phi) is 7.08. The third kappa shape index (κ3) is 5.15. The molecule has 2 amide bonds. The van der Waals surface area contributed by atoms with E-state index in [9.17, 15) is 9.59 Å². The van der Waals surface area contributed by atoms with Crippen molar-refractivity contribution in [3.05, 3.63) is 101 Å². The molecule has 2 atom stereocenters. The van der Waals surface area contributed by atoms with Gasteiger partial charge in [0.25, 0.3) is 0 Å². The Morgan fingerprint density at radius 1 is 0.750 bits per heavy atom. The van der Waals surface area contributed by atoms with Gasteiger partial charge in [0.2, 0.25) is 11.8 Å². The number of rotatable bonds is 5. The molecule has 2 heterocycles. The average Bonchev–Trinajstić information content (AvgIpc) is 3.35. The highest BCUT2D eigenvalue weighted by atomic mass is 16.2. The van der Waals surface area contributed by atoms with Crippen LogP contribution in [0.4, 0.5) is 5.69 Å². The lowest BCUT2D eigenvalue weighted by Gasteiger charge is -2.38. The summed E-state index contributed by atoms with van der Waals surface area (Å²) in [6.07, 6.45) is 0.372. The van der Waals surface area contributed by atoms with Crippen LogP contribution in [0, 0.1) is 19.8 Å². The molecule has 5 nitrogen and oxygen atoms in total. The van der Waals surface area contributed by atoms with Gasteiger partial charge in [-0.25, -0.2) is 0 Å². The largest absolute Gasteiger partial charge is 0.368 e. The number of piperazine rings is 1. The zero-order chi connectivity index (χ0) is 25.1. The molecule has 0 spiro atoms. The number of para-hydroxylation sites is 1. The maximum Gasteiger partial charge on any atom is 0.228 e. The van der Waals surface area contributed by atoms with Crippen LogP contribution in [-0.2, 0) is 16.0 Å². The first kappa shape index (κ1) is 24.1. The zero-order valence-electron chi connectivity index (χ0n) is 21.3. The van der Waals surface area contributed by atoms with E-state index in [0.29, 0.717) is 32.6 Å². The Bertz CT molecular complexity index is 1200. The molecule has 5 rings (SSSR count). The van der Waals surface area contributed by atoms with Gasteiger partial charge in [0.05, 0.1) is 12.3 Å². The SMILES string of the molecule is Cc1ccc(C2CN(C(=O)Cc3ccccc3)CC2C(=O)N2CCN(c3ccccc3C)CC2)cc1. The molecule has 3 aromatic rings. The Hall–Kier alpha value is -3.60. The van der Waals surface area contributed by atoms with Crippen molar-refractivity contribution in [2.75, 3.05) is 44.2 Å². The van der Waals surface area contributed by atoms with E-state index in [1.807, 2.05) is 40.1 Å². The second-order valence-corrected chi connectivity index (χ2v) is 10.2. The lowest BCUT2D eigenvalue weighted by atomic mass is 9.87. The first-order valence-electron chi connectivity index (χ1n) is 13.0. The highest BCUT2D eigenvalue weighted by Gasteiger charge is 2.42. The van der Waals surface area contributed by atoms with Crippen molar-refractivity contribution in [1.82, 2.24) is 9.80 Å². The average molecular weight is 482 g/mol. The lowest BCUT2D eigenvalue weighted by Crippen LogP contribution is -2.51. The highest BCUT2D eigenvalue weighted by Crippen LogP contribution is 2.35. The third-order valence-corrected chi connectivity index (χ3v) is 7.74. The summed E-state index contributed by atoms with van der Waals surface area (Å²) in [5, 5.41) is 0. The van der Waals surface area contributed by atoms with Crippen molar-refractivity contribution in [2.45, 2.75) is 26.2 Å². The maximum absolute atomic E-state index is 13.9. The summed E-state index contributed by atoms with van der Waals surface area (Å²) in [6, 6.07) is 26.8. The monoisotopic (exact) mass is 481 g/mol. The number of likely N-dealkylation sites (tertiary alicyclic amines) is 1. The number of anilines is 1. The molecular weight excluding hydrogens is 446 g/mol. The smallest absolute Gasteiger partial charge is 0.228 e. The maximum atomic E-state index is 13.9. The van der Waals surface area contributed by atoms with Crippen molar-refractivity contribution in [3.63, 3.8) is 0 Å². The molecule has 36 heavy (non-hydrogen) atoms. The van der Waals surface area contributed by atoms with Crippen LogP contribution in [0.1, 0.15) is 28.2 Å². The Balaban J connectivity index is 1.31. The van der Waals surface area contributed by atoms with E-state index in [-0.39, 0.29) is 23.7 Å². The molecule has 2 aliphatic heterocycles. The minimum absolute atomic E-state index is 0.0206. The molecule has 0 bridgehead atoms. The van der Waals surface area contributed by atoms with Crippen LogP contribution in [0.15, 0.2) is 78.9 Å². The van der Waals surface area contributed by atoms with Crippen LogP contribution >= 0.6 is 0 Å². The first-order valence-corrected chi connectivity index (χ1v) is 13.0. The van der Waals surface area contributed by atoms with Gasteiger partial charge < -0.3 is 14.7 Å². The second-order valence-electron chi connectivity index (χ2n) is 10.2. The van der Waals surface area contributed by atoms with E-state index in [1.54, 1.807) is 0 Å². The third-order valence-electron chi connectivity index (χ3n) is 7.74. The fourth-order valence-electron chi connectivity index (χ4n) is 5.61. The summed E-state index contributed by atoms with van der Waals surface area (Å²) < 4.78 is 0. The highest BCUT2D eigenvalue weighted by molar-refractivity contribution is 5.84. The number of benzene rings is 3. The number of amides is 2. The van der Waals surface area contributed by atoms with Crippen LogP contribution in [0.5, 0.6) is 0 Å². The molecule has 5 heteroatoms. The van der Waals surface area contributed by atoms with Crippen molar-refractivity contribution >= 4 is 17.5 Å².